The Morgan fingerprint density at radius 3 is 2.52 bits per heavy atom. The summed E-state index contributed by atoms with van der Waals surface area (Å²) < 4.78 is 0. The zero-order chi connectivity index (χ0) is 19.4. The van der Waals surface area contributed by atoms with Crippen molar-refractivity contribution < 1.29 is 9.59 Å². The molecule has 2 aromatic carbocycles. The van der Waals surface area contributed by atoms with Gasteiger partial charge in [0.2, 0.25) is 0 Å². The van der Waals surface area contributed by atoms with Crippen molar-refractivity contribution in [3.8, 4) is 0 Å². The minimum absolute atomic E-state index is 0.0620. The highest BCUT2D eigenvalue weighted by Gasteiger charge is 2.11. The lowest BCUT2D eigenvalue weighted by molar-refractivity contribution is 0.100. The molecular formula is C21H20N4O2. The molecule has 0 fully saturated rings. The number of Topliss-reactive ketones (excluding diaryl/α,β-unsaturated/α-hetero) is 1. The Hall–Kier alpha value is -3.54. The van der Waals surface area contributed by atoms with E-state index in [4.69, 9.17) is 0 Å². The van der Waals surface area contributed by atoms with Crippen LogP contribution < -0.4 is 10.6 Å². The summed E-state index contributed by atoms with van der Waals surface area (Å²) in [6.45, 7) is 5.52. The number of rotatable bonds is 5. The molecular weight excluding hydrogens is 340 g/mol. The van der Waals surface area contributed by atoms with Gasteiger partial charge in [0.25, 0.3) is 5.91 Å². The van der Waals surface area contributed by atoms with Crippen molar-refractivity contribution in [1.82, 2.24) is 9.97 Å². The number of hydrogen-bond acceptors (Lipinski definition) is 5. The molecule has 0 bridgehead atoms. The number of carbonyl (C=O) groups is 2. The maximum Gasteiger partial charge on any atom is 0.274 e. The maximum atomic E-state index is 12.5. The summed E-state index contributed by atoms with van der Waals surface area (Å²) in [5, 5.41) is 5.96. The van der Waals surface area contributed by atoms with Crippen molar-refractivity contribution in [3.05, 3.63) is 77.2 Å². The first-order valence-corrected chi connectivity index (χ1v) is 8.51. The molecule has 0 radical (unpaired) electrons. The Kier molecular flexibility index (Phi) is 5.26. The second kappa shape index (κ2) is 7.78. The molecule has 0 aliphatic carbocycles. The van der Waals surface area contributed by atoms with Crippen LogP contribution in [0.5, 0.6) is 0 Å². The van der Waals surface area contributed by atoms with Crippen LogP contribution in [0.15, 0.2) is 54.9 Å². The molecule has 0 unspecified atom stereocenters. The number of aryl methyl sites for hydroxylation is 2. The summed E-state index contributed by atoms with van der Waals surface area (Å²) in [6.07, 6.45) is 1.34. The number of anilines is 3. The molecule has 1 amide bonds. The van der Waals surface area contributed by atoms with E-state index in [-0.39, 0.29) is 17.4 Å². The monoisotopic (exact) mass is 360 g/mol. The Labute approximate surface area is 157 Å². The lowest BCUT2D eigenvalue weighted by atomic mass is 10.1. The van der Waals surface area contributed by atoms with Crippen molar-refractivity contribution >= 4 is 28.9 Å². The van der Waals surface area contributed by atoms with Crippen molar-refractivity contribution in [2.45, 2.75) is 20.8 Å². The van der Waals surface area contributed by atoms with Crippen LogP contribution >= 0.6 is 0 Å². The number of hydrogen-bond donors (Lipinski definition) is 2. The van der Waals surface area contributed by atoms with E-state index in [9.17, 15) is 9.59 Å². The Bertz CT molecular complexity index is 1010. The number of benzene rings is 2. The van der Waals surface area contributed by atoms with E-state index in [0.717, 1.165) is 11.3 Å². The SMILES string of the molecule is CC(=O)c1cccc(NC(=O)c2cc(Nc3ccc(C)cc3C)ncn2)c1. The summed E-state index contributed by atoms with van der Waals surface area (Å²) in [4.78, 5) is 32.2. The van der Waals surface area contributed by atoms with Crippen LogP contribution in [0, 0.1) is 13.8 Å². The number of carbonyl (C=O) groups excluding carboxylic acids is 2. The normalized spacial score (nSPS) is 10.3. The first-order chi connectivity index (χ1) is 12.9. The zero-order valence-corrected chi connectivity index (χ0v) is 15.4. The van der Waals surface area contributed by atoms with Gasteiger partial charge in [-0.15, -0.1) is 0 Å². The van der Waals surface area contributed by atoms with Gasteiger partial charge in [-0.25, -0.2) is 9.97 Å². The van der Waals surface area contributed by atoms with Crippen LogP contribution in [0.2, 0.25) is 0 Å². The third kappa shape index (κ3) is 4.55. The van der Waals surface area contributed by atoms with E-state index in [1.54, 1.807) is 30.3 Å². The molecule has 2 N–H and O–H groups in total. The van der Waals surface area contributed by atoms with Gasteiger partial charge in [-0.2, -0.15) is 0 Å². The number of nitrogens with zero attached hydrogens (tertiary/aromatic N) is 2. The van der Waals surface area contributed by atoms with Gasteiger partial charge in [0.15, 0.2) is 5.78 Å². The summed E-state index contributed by atoms with van der Waals surface area (Å²) >= 11 is 0. The lowest BCUT2D eigenvalue weighted by Gasteiger charge is -2.10. The molecule has 136 valence electrons. The Balaban J connectivity index is 1.77. The summed E-state index contributed by atoms with van der Waals surface area (Å²) in [5.41, 5.74) is 4.47. The lowest BCUT2D eigenvalue weighted by Crippen LogP contribution is -2.14. The molecule has 0 saturated heterocycles. The van der Waals surface area contributed by atoms with E-state index in [1.165, 1.54) is 18.8 Å². The Morgan fingerprint density at radius 2 is 1.78 bits per heavy atom. The molecule has 0 aliphatic heterocycles. The highest BCUT2D eigenvalue weighted by atomic mass is 16.2. The molecule has 6 nitrogen and oxygen atoms in total. The smallest absolute Gasteiger partial charge is 0.274 e. The number of nitrogens with one attached hydrogen (secondary N) is 2. The fourth-order valence-corrected chi connectivity index (χ4v) is 2.65. The molecule has 27 heavy (non-hydrogen) atoms. The zero-order valence-electron chi connectivity index (χ0n) is 15.4. The van der Waals surface area contributed by atoms with Crippen LogP contribution in [-0.2, 0) is 0 Å². The third-order valence-corrected chi connectivity index (χ3v) is 4.07. The average molecular weight is 360 g/mol. The van der Waals surface area contributed by atoms with E-state index in [2.05, 4.69) is 26.7 Å². The van der Waals surface area contributed by atoms with Gasteiger partial charge in [0.05, 0.1) is 0 Å². The summed E-state index contributed by atoms with van der Waals surface area (Å²) in [6, 6.07) is 14.4. The van der Waals surface area contributed by atoms with E-state index < -0.39 is 0 Å². The second-order valence-electron chi connectivity index (χ2n) is 6.32. The molecule has 3 rings (SSSR count). The topological polar surface area (TPSA) is 84.0 Å². The molecule has 0 atom stereocenters. The fourth-order valence-electron chi connectivity index (χ4n) is 2.65. The minimum atomic E-state index is -0.373. The predicted molar refractivity (Wildman–Crippen MR) is 106 cm³/mol. The molecule has 6 heteroatoms. The molecule has 0 spiro atoms. The molecule has 0 aliphatic rings. The predicted octanol–water partition coefficient (Wildman–Crippen LogP) is 4.29. The quantitative estimate of drug-likeness (QED) is 0.663. The van der Waals surface area contributed by atoms with Crippen LogP contribution in [-0.4, -0.2) is 21.7 Å². The number of ketones is 1. The van der Waals surface area contributed by atoms with Crippen LogP contribution in [0.3, 0.4) is 0 Å². The summed E-state index contributed by atoms with van der Waals surface area (Å²) in [5.74, 6) is 0.0921. The number of amides is 1. The first kappa shape index (κ1) is 18.3. The largest absolute Gasteiger partial charge is 0.340 e. The van der Waals surface area contributed by atoms with E-state index >= 15 is 0 Å². The van der Waals surface area contributed by atoms with Crippen LogP contribution in [0.4, 0.5) is 17.2 Å². The van der Waals surface area contributed by atoms with Gasteiger partial charge in [-0.3, -0.25) is 9.59 Å². The van der Waals surface area contributed by atoms with E-state index in [0.29, 0.717) is 17.1 Å². The number of aromatic nitrogens is 2. The van der Waals surface area contributed by atoms with Gasteiger partial charge in [0.1, 0.15) is 17.8 Å². The van der Waals surface area contributed by atoms with Crippen LogP contribution in [0.1, 0.15) is 38.9 Å². The molecule has 0 saturated carbocycles. The van der Waals surface area contributed by atoms with Crippen molar-refractivity contribution in [1.29, 1.82) is 0 Å². The Morgan fingerprint density at radius 1 is 0.963 bits per heavy atom. The van der Waals surface area contributed by atoms with E-state index in [1.807, 2.05) is 26.0 Å². The van der Waals surface area contributed by atoms with Crippen molar-refractivity contribution in [3.63, 3.8) is 0 Å². The van der Waals surface area contributed by atoms with Gasteiger partial charge in [0, 0.05) is 23.0 Å². The minimum Gasteiger partial charge on any atom is -0.340 e. The highest BCUT2D eigenvalue weighted by molar-refractivity contribution is 6.04. The highest BCUT2D eigenvalue weighted by Crippen LogP contribution is 2.20. The van der Waals surface area contributed by atoms with Gasteiger partial charge in [-0.05, 0) is 44.5 Å². The van der Waals surface area contributed by atoms with Gasteiger partial charge in [-0.1, -0.05) is 29.8 Å². The second-order valence-corrected chi connectivity index (χ2v) is 6.32. The fraction of sp³-hybridized carbons (Fsp3) is 0.143. The first-order valence-electron chi connectivity index (χ1n) is 8.51. The molecule has 1 heterocycles. The third-order valence-electron chi connectivity index (χ3n) is 4.07. The van der Waals surface area contributed by atoms with Crippen molar-refractivity contribution in [2.24, 2.45) is 0 Å². The summed E-state index contributed by atoms with van der Waals surface area (Å²) in [7, 11) is 0. The molecule has 3 aromatic rings. The standard InChI is InChI=1S/C21H20N4O2/c1-13-7-8-18(14(2)9-13)25-20-11-19(22-12-23-20)21(27)24-17-6-4-5-16(10-17)15(3)26/h4-12H,1-3H3,(H,24,27)(H,22,23,25). The van der Waals surface area contributed by atoms with Gasteiger partial charge >= 0.3 is 0 Å². The average Bonchev–Trinajstić information content (AvgIpc) is 2.64. The van der Waals surface area contributed by atoms with Crippen LogP contribution in [0.25, 0.3) is 0 Å². The van der Waals surface area contributed by atoms with Gasteiger partial charge < -0.3 is 10.6 Å². The maximum absolute atomic E-state index is 12.5. The molecule has 1 aromatic heterocycles. The van der Waals surface area contributed by atoms with Crippen molar-refractivity contribution in [2.75, 3.05) is 10.6 Å².